The lowest BCUT2D eigenvalue weighted by Crippen LogP contribution is -1.78. The average Bonchev–Trinajstić information content (AvgIpc) is 1.97. The predicted octanol–water partition coefficient (Wildman–Crippen LogP) is 2.19. The van der Waals surface area contributed by atoms with Crippen molar-refractivity contribution in [3.05, 3.63) is 36.1 Å². The lowest BCUT2D eigenvalue weighted by molar-refractivity contribution is 0.432. The Morgan fingerprint density at radius 2 is 2.22 bits per heavy atom. The van der Waals surface area contributed by atoms with Crippen LogP contribution in [0.1, 0.15) is 6.92 Å². The zero-order valence-corrected chi connectivity index (χ0v) is 5.41. The third-order valence-corrected chi connectivity index (χ3v) is 1.25. The highest BCUT2D eigenvalue weighted by Gasteiger charge is 1.92. The van der Waals surface area contributed by atoms with Crippen LogP contribution in [0, 0.1) is 5.92 Å². The van der Waals surface area contributed by atoms with Crippen LogP contribution >= 0.6 is 0 Å². The Morgan fingerprint density at radius 1 is 1.44 bits per heavy atom. The summed E-state index contributed by atoms with van der Waals surface area (Å²) in [6.07, 6.45) is 9.24. The number of aliphatic hydroxyl groups excluding tert-OH is 1. The van der Waals surface area contributed by atoms with E-state index in [1.807, 2.05) is 18.2 Å². The summed E-state index contributed by atoms with van der Waals surface area (Å²) in [5.74, 6) is 0.765. The van der Waals surface area contributed by atoms with Crippen molar-refractivity contribution in [2.45, 2.75) is 6.92 Å². The maximum atomic E-state index is 8.93. The van der Waals surface area contributed by atoms with Crippen molar-refractivity contribution >= 4 is 0 Å². The van der Waals surface area contributed by atoms with Crippen LogP contribution in [0.25, 0.3) is 0 Å². The van der Waals surface area contributed by atoms with Crippen LogP contribution in [0.5, 0.6) is 0 Å². The molecule has 0 amide bonds. The van der Waals surface area contributed by atoms with E-state index in [0.717, 1.165) is 0 Å². The topological polar surface area (TPSA) is 20.2 Å². The first kappa shape index (κ1) is 6.14. The Bertz CT molecular complexity index is 175. The summed E-state index contributed by atoms with van der Waals surface area (Å²) < 4.78 is 0. The van der Waals surface area contributed by atoms with Gasteiger partial charge in [-0.3, -0.25) is 0 Å². The van der Waals surface area contributed by atoms with E-state index in [-0.39, 0.29) is 0 Å². The van der Waals surface area contributed by atoms with Gasteiger partial charge in [-0.05, 0) is 18.1 Å². The molecule has 0 spiro atoms. The van der Waals surface area contributed by atoms with Gasteiger partial charge in [0.25, 0.3) is 0 Å². The molecule has 1 atom stereocenters. The maximum Gasteiger partial charge on any atom is 0.115 e. The van der Waals surface area contributed by atoms with Gasteiger partial charge in [0.1, 0.15) is 5.76 Å². The molecule has 1 unspecified atom stereocenters. The highest BCUT2D eigenvalue weighted by molar-refractivity contribution is 5.22. The normalized spacial score (nSPS) is 25.4. The van der Waals surface area contributed by atoms with Gasteiger partial charge in [-0.15, -0.1) is 0 Å². The predicted molar refractivity (Wildman–Crippen MR) is 38.2 cm³/mol. The molecular weight excluding hydrogens is 112 g/mol. The molecule has 48 valence electrons. The van der Waals surface area contributed by atoms with E-state index in [2.05, 4.69) is 6.92 Å². The fraction of sp³-hybridized carbons (Fsp3) is 0.250. The van der Waals surface area contributed by atoms with E-state index in [1.165, 1.54) is 0 Å². The van der Waals surface area contributed by atoms with Crippen molar-refractivity contribution in [1.29, 1.82) is 0 Å². The lowest BCUT2D eigenvalue weighted by atomic mass is 10.2. The van der Waals surface area contributed by atoms with E-state index in [4.69, 9.17) is 5.11 Å². The van der Waals surface area contributed by atoms with Gasteiger partial charge in [-0.2, -0.15) is 0 Å². The first-order valence-corrected chi connectivity index (χ1v) is 3.04. The van der Waals surface area contributed by atoms with E-state index in [1.54, 1.807) is 12.2 Å². The van der Waals surface area contributed by atoms with Gasteiger partial charge in [0.05, 0.1) is 0 Å². The zero-order chi connectivity index (χ0) is 6.69. The Kier molecular flexibility index (Phi) is 1.73. The third-order valence-electron chi connectivity index (χ3n) is 1.25. The Morgan fingerprint density at radius 3 is 3.00 bits per heavy atom. The van der Waals surface area contributed by atoms with Crippen LogP contribution < -0.4 is 0 Å². The van der Waals surface area contributed by atoms with Crippen molar-refractivity contribution in [2.75, 3.05) is 0 Å². The highest BCUT2D eigenvalue weighted by Crippen LogP contribution is 2.06. The fourth-order valence-corrected chi connectivity index (χ4v) is 0.699. The molecule has 0 fully saturated rings. The average molecular weight is 122 g/mol. The third kappa shape index (κ3) is 1.76. The van der Waals surface area contributed by atoms with Crippen LogP contribution in [0.2, 0.25) is 0 Å². The van der Waals surface area contributed by atoms with E-state index >= 15 is 0 Å². The summed E-state index contributed by atoms with van der Waals surface area (Å²) in [5.41, 5.74) is 0. The molecule has 1 nitrogen and oxygen atoms in total. The molecule has 1 aliphatic carbocycles. The van der Waals surface area contributed by atoms with Crippen LogP contribution in [0.3, 0.4) is 0 Å². The number of hydrogen-bond acceptors (Lipinski definition) is 1. The van der Waals surface area contributed by atoms with Gasteiger partial charge < -0.3 is 5.11 Å². The van der Waals surface area contributed by atoms with Crippen molar-refractivity contribution in [3.8, 4) is 0 Å². The Labute approximate surface area is 55.0 Å². The second-order valence-electron chi connectivity index (χ2n) is 2.19. The molecule has 0 radical (unpaired) electrons. The first-order chi connectivity index (χ1) is 4.29. The first-order valence-electron chi connectivity index (χ1n) is 3.04. The molecular formula is C8H10O. The molecule has 0 saturated heterocycles. The van der Waals surface area contributed by atoms with Crippen molar-refractivity contribution in [2.24, 2.45) is 5.92 Å². The molecule has 9 heavy (non-hydrogen) atoms. The van der Waals surface area contributed by atoms with E-state index < -0.39 is 0 Å². The SMILES string of the molecule is CC1C=CC=C(O)C=C1. The van der Waals surface area contributed by atoms with Crippen LogP contribution in [0.4, 0.5) is 0 Å². The van der Waals surface area contributed by atoms with Crippen LogP contribution in [-0.2, 0) is 0 Å². The van der Waals surface area contributed by atoms with Gasteiger partial charge >= 0.3 is 0 Å². The van der Waals surface area contributed by atoms with Gasteiger partial charge in [-0.25, -0.2) is 0 Å². The molecule has 1 heteroatoms. The molecule has 1 N–H and O–H groups in total. The fourth-order valence-electron chi connectivity index (χ4n) is 0.699. The second kappa shape index (κ2) is 2.53. The summed E-state index contributed by atoms with van der Waals surface area (Å²) in [7, 11) is 0. The maximum absolute atomic E-state index is 8.93. The van der Waals surface area contributed by atoms with E-state index in [9.17, 15) is 0 Å². The minimum atomic E-state index is 0.329. The van der Waals surface area contributed by atoms with Crippen LogP contribution in [0.15, 0.2) is 36.1 Å². The van der Waals surface area contributed by atoms with Gasteiger partial charge in [0, 0.05) is 0 Å². The largest absolute Gasteiger partial charge is 0.508 e. The Balaban J connectivity index is 2.75. The number of hydrogen-bond donors (Lipinski definition) is 1. The number of allylic oxidation sites excluding steroid dienone is 5. The quantitative estimate of drug-likeness (QED) is 0.522. The molecule has 1 aliphatic rings. The molecule has 0 aromatic rings. The van der Waals surface area contributed by atoms with Gasteiger partial charge in [-0.1, -0.05) is 25.2 Å². The van der Waals surface area contributed by atoms with E-state index in [0.29, 0.717) is 11.7 Å². The number of aliphatic hydroxyl groups is 1. The van der Waals surface area contributed by atoms with Crippen LogP contribution in [-0.4, -0.2) is 5.11 Å². The molecule has 0 aromatic heterocycles. The minimum Gasteiger partial charge on any atom is -0.508 e. The molecule has 0 aromatic carbocycles. The van der Waals surface area contributed by atoms with Gasteiger partial charge in [0.2, 0.25) is 0 Å². The molecule has 0 bridgehead atoms. The van der Waals surface area contributed by atoms with Crippen molar-refractivity contribution in [3.63, 3.8) is 0 Å². The minimum absolute atomic E-state index is 0.329. The molecule has 0 aliphatic heterocycles. The summed E-state index contributed by atoms with van der Waals surface area (Å²) in [4.78, 5) is 0. The highest BCUT2D eigenvalue weighted by atomic mass is 16.3. The standard InChI is InChI=1S/C8H10O/c1-7-3-2-4-8(9)6-5-7/h2-7,9H,1H3. The van der Waals surface area contributed by atoms with Crippen molar-refractivity contribution in [1.82, 2.24) is 0 Å². The summed E-state index contributed by atoms with van der Waals surface area (Å²) in [6.45, 7) is 2.07. The summed E-state index contributed by atoms with van der Waals surface area (Å²) >= 11 is 0. The lowest BCUT2D eigenvalue weighted by Gasteiger charge is -1.91. The molecule has 1 rings (SSSR count). The smallest absolute Gasteiger partial charge is 0.115 e. The summed E-state index contributed by atoms with van der Waals surface area (Å²) in [6, 6.07) is 0. The second-order valence-corrected chi connectivity index (χ2v) is 2.19. The Hall–Kier alpha value is -0.980. The monoisotopic (exact) mass is 122 g/mol. The molecule has 0 heterocycles. The summed E-state index contributed by atoms with van der Waals surface area (Å²) in [5, 5.41) is 8.93. The molecule has 0 saturated carbocycles. The number of rotatable bonds is 0. The zero-order valence-electron chi connectivity index (χ0n) is 5.41. The van der Waals surface area contributed by atoms with Crippen molar-refractivity contribution < 1.29 is 5.11 Å². The van der Waals surface area contributed by atoms with Gasteiger partial charge in [0.15, 0.2) is 0 Å².